The Balaban J connectivity index is 2.42. The van der Waals surface area contributed by atoms with Gasteiger partial charge in [-0.15, -0.1) is 0 Å². The van der Waals surface area contributed by atoms with E-state index in [1.807, 2.05) is 38.1 Å². The van der Waals surface area contributed by atoms with E-state index in [-0.39, 0.29) is 11.6 Å². The molecule has 0 aliphatic rings. The molecule has 0 aliphatic carbocycles. The average molecular weight is 345 g/mol. The molecular weight excluding hydrogens is 325 g/mol. The molecule has 2 rings (SSSR count). The van der Waals surface area contributed by atoms with Crippen LogP contribution in [0.5, 0.6) is 0 Å². The van der Waals surface area contributed by atoms with E-state index in [9.17, 15) is 9.18 Å². The van der Waals surface area contributed by atoms with Gasteiger partial charge in [-0.3, -0.25) is 4.79 Å². The molecule has 0 spiro atoms. The molecule has 0 radical (unpaired) electrons. The van der Waals surface area contributed by atoms with Crippen molar-refractivity contribution < 1.29 is 13.8 Å². The van der Waals surface area contributed by atoms with Crippen LogP contribution in [-0.2, 0) is 12.6 Å². The monoisotopic (exact) mass is 345 g/mol. The topological polar surface area (TPSA) is 36.6 Å². The number of carbonyl (C=O) groups is 1. The van der Waals surface area contributed by atoms with Crippen molar-refractivity contribution in [3.8, 4) is 0 Å². The molecule has 0 saturated heterocycles. The Hall–Kier alpha value is -2.34. The summed E-state index contributed by atoms with van der Waals surface area (Å²) in [4.78, 5) is 19.1. The zero-order valence-electron chi connectivity index (χ0n) is 13.9. The molecule has 1 heterocycles. The summed E-state index contributed by atoms with van der Waals surface area (Å²) in [6.07, 6.45) is 3.61. The molecule has 1 atom stereocenters. The number of ketones is 1. The molecule has 2 aromatic rings. The van der Waals surface area contributed by atoms with Crippen LogP contribution in [0.2, 0.25) is 0 Å². The molecule has 0 amide bonds. The molecule has 1 aromatic heterocycles. The molecular formula is C18H20FN3OS. The summed E-state index contributed by atoms with van der Waals surface area (Å²) in [7, 11) is 3.88. The molecule has 0 fully saturated rings. The molecule has 1 aromatic carbocycles. The van der Waals surface area contributed by atoms with Crippen LogP contribution in [0, 0.1) is 5.82 Å². The lowest BCUT2D eigenvalue weighted by Gasteiger charge is -2.19. The lowest BCUT2D eigenvalue weighted by atomic mass is 10.0. The van der Waals surface area contributed by atoms with Crippen molar-refractivity contribution in [3.63, 3.8) is 0 Å². The van der Waals surface area contributed by atoms with Crippen molar-refractivity contribution in [2.75, 3.05) is 25.5 Å². The zero-order valence-corrected chi connectivity index (χ0v) is 14.8. The fraction of sp³-hybridized carbons (Fsp3) is 0.278. The van der Waals surface area contributed by atoms with Gasteiger partial charge in [0.1, 0.15) is 5.82 Å². The molecule has 0 aliphatic heterocycles. The molecule has 24 heavy (non-hydrogen) atoms. The van der Waals surface area contributed by atoms with Crippen LogP contribution in [0.3, 0.4) is 0 Å². The second kappa shape index (κ2) is 7.97. The molecule has 1 unspecified atom stereocenters. The molecule has 6 heteroatoms. The van der Waals surface area contributed by atoms with Crippen LogP contribution >= 0.6 is 0 Å². The van der Waals surface area contributed by atoms with Crippen LogP contribution < -0.4 is 9.47 Å². The van der Waals surface area contributed by atoms with E-state index in [1.54, 1.807) is 17.0 Å². The first-order chi connectivity index (χ1) is 11.4. The summed E-state index contributed by atoms with van der Waals surface area (Å²) in [5, 5.41) is 0.314. The van der Waals surface area contributed by atoms with Crippen molar-refractivity contribution in [1.29, 1.82) is 0 Å². The van der Waals surface area contributed by atoms with Crippen molar-refractivity contribution in [1.82, 2.24) is 0 Å². The number of nitrogens with zero attached hydrogens (tertiary/aromatic N) is 3. The first-order valence-corrected chi connectivity index (χ1v) is 8.04. The van der Waals surface area contributed by atoms with Crippen molar-refractivity contribution in [2.24, 2.45) is 4.99 Å². The van der Waals surface area contributed by atoms with Crippen LogP contribution in [0.15, 0.2) is 53.8 Å². The van der Waals surface area contributed by atoms with Crippen LogP contribution in [0.4, 0.5) is 10.1 Å². The minimum atomic E-state index is -0.721. The third-order valence-corrected chi connectivity index (χ3v) is 3.93. The highest BCUT2D eigenvalue weighted by molar-refractivity contribution is 7.77. The van der Waals surface area contributed by atoms with E-state index in [2.05, 4.69) is 4.99 Å². The zero-order chi connectivity index (χ0) is 17.7. The van der Waals surface area contributed by atoms with Gasteiger partial charge in [0.15, 0.2) is 12.4 Å². The maximum absolute atomic E-state index is 13.1. The van der Waals surface area contributed by atoms with Crippen molar-refractivity contribution >= 4 is 29.1 Å². The number of rotatable bonds is 6. The Morgan fingerprint density at radius 1 is 1.21 bits per heavy atom. The summed E-state index contributed by atoms with van der Waals surface area (Å²) in [5.74, 6) is -0.591. The maximum atomic E-state index is 13.1. The summed E-state index contributed by atoms with van der Waals surface area (Å²) >= 11 is 5.35. The Kier molecular flexibility index (Phi) is 5.98. The summed E-state index contributed by atoms with van der Waals surface area (Å²) < 4.78 is 14.8. The Morgan fingerprint density at radius 3 is 2.29 bits per heavy atom. The number of pyridine rings is 1. The third kappa shape index (κ3) is 4.14. The fourth-order valence-corrected chi connectivity index (χ4v) is 2.65. The largest absolute Gasteiger partial charge is 0.758 e. The molecule has 0 saturated carbocycles. The van der Waals surface area contributed by atoms with Gasteiger partial charge in [-0.05, 0) is 36.2 Å². The Labute approximate surface area is 147 Å². The number of benzene rings is 1. The maximum Gasteiger partial charge on any atom is 0.237 e. The van der Waals surface area contributed by atoms with Gasteiger partial charge >= 0.3 is 0 Å². The highest BCUT2D eigenvalue weighted by Crippen LogP contribution is 2.14. The molecule has 0 N–H and O–H groups in total. The lowest BCUT2D eigenvalue weighted by molar-refractivity contribution is -0.691. The van der Waals surface area contributed by atoms with Crippen molar-refractivity contribution in [2.45, 2.75) is 13.0 Å². The quantitative estimate of drug-likeness (QED) is 0.265. The average Bonchev–Trinajstić information content (AvgIpc) is 2.56. The SMILES string of the molecule is CCN=C([S-])C(C(=O)c1ccc(F)cc1)[n+]1ccc(N(C)C)cc1. The number of hydrogen-bond donors (Lipinski definition) is 0. The number of Topliss-reactive ketones (excluding diaryl/α,β-unsaturated/α-hetero) is 1. The number of aromatic nitrogens is 1. The highest BCUT2D eigenvalue weighted by Gasteiger charge is 2.28. The minimum Gasteiger partial charge on any atom is -0.758 e. The van der Waals surface area contributed by atoms with Gasteiger partial charge < -0.3 is 22.5 Å². The summed E-state index contributed by atoms with van der Waals surface area (Å²) in [5.41, 5.74) is 1.41. The van der Waals surface area contributed by atoms with Gasteiger partial charge in [-0.2, -0.15) is 4.57 Å². The molecule has 4 nitrogen and oxygen atoms in total. The van der Waals surface area contributed by atoms with E-state index in [4.69, 9.17) is 12.6 Å². The van der Waals surface area contributed by atoms with Gasteiger partial charge in [0, 0.05) is 44.0 Å². The van der Waals surface area contributed by atoms with E-state index in [0.29, 0.717) is 17.2 Å². The number of carbonyl (C=O) groups excluding carboxylic acids is 1. The van der Waals surface area contributed by atoms with Crippen LogP contribution in [-0.4, -0.2) is 31.5 Å². The lowest BCUT2D eigenvalue weighted by Crippen LogP contribution is -2.47. The first kappa shape index (κ1) is 18.0. The number of aliphatic imine (C=N–C) groups is 1. The van der Waals surface area contributed by atoms with E-state index in [1.165, 1.54) is 24.3 Å². The highest BCUT2D eigenvalue weighted by atomic mass is 32.1. The van der Waals surface area contributed by atoms with Crippen LogP contribution in [0.25, 0.3) is 0 Å². The molecule has 0 bridgehead atoms. The predicted octanol–water partition coefficient (Wildman–Crippen LogP) is 2.57. The summed E-state index contributed by atoms with van der Waals surface area (Å²) in [6.45, 7) is 2.37. The van der Waals surface area contributed by atoms with Gasteiger partial charge in [-0.1, -0.05) is 0 Å². The van der Waals surface area contributed by atoms with E-state index < -0.39 is 6.04 Å². The number of halogens is 1. The summed E-state index contributed by atoms with van der Waals surface area (Å²) in [6, 6.07) is 8.55. The number of anilines is 1. The van der Waals surface area contributed by atoms with Gasteiger partial charge in [0.2, 0.25) is 11.8 Å². The van der Waals surface area contributed by atoms with Crippen molar-refractivity contribution in [3.05, 3.63) is 60.2 Å². The normalized spacial score (nSPS) is 12.8. The Bertz CT molecular complexity index is 727. The fourth-order valence-electron chi connectivity index (χ4n) is 2.29. The second-order valence-corrected chi connectivity index (χ2v) is 5.90. The van der Waals surface area contributed by atoms with Gasteiger partial charge in [-0.25, -0.2) is 4.39 Å². The Morgan fingerprint density at radius 2 is 1.79 bits per heavy atom. The first-order valence-electron chi connectivity index (χ1n) is 7.63. The second-order valence-electron chi connectivity index (χ2n) is 5.48. The number of hydrogen-bond acceptors (Lipinski definition) is 4. The smallest absolute Gasteiger partial charge is 0.237 e. The minimum absolute atomic E-state index is 0.209. The van der Waals surface area contributed by atoms with Gasteiger partial charge in [0.05, 0.1) is 0 Å². The van der Waals surface area contributed by atoms with E-state index >= 15 is 0 Å². The standard InChI is InChI=1S/C18H20FN3OS/c1-4-20-18(24)16(17(23)13-5-7-14(19)8-6-13)22-11-9-15(10-12-22)21(2)3/h5-12,16H,4H2,1-3H3. The predicted molar refractivity (Wildman–Crippen MR) is 96.1 cm³/mol. The third-order valence-electron chi connectivity index (χ3n) is 3.57. The molecule has 126 valence electrons. The van der Waals surface area contributed by atoms with Gasteiger partial charge in [0.25, 0.3) is 0 Å². The van der Waals surface area contributed by atoms with E-state index in [0.717, 1.165) is 5.69 Å². The van der Waals surface area contributed by atoms with Crippen LogP contribution in [0.1, 0.15) is 23.3 Å².